The lowest BCUT2D eigenvalue weighted by molar-refractivity contribution is 0.0279. The SMILES string of the molecule is CNC1CC2CN(C(=O)OC(C)(C)C)CC2C1.CS(=O)(=O)O. The Morgan fingerprint density at radius 3 is 1.95 bits per heavy atom. The lowest BCUT2D eigenvalue weighted by Gasteiger charge is -2.25. The highest BCUT2D eigenvalue weighted by Crippen LogP contribution is 2.38. The fraction of sp³-hybridized carbons (Fsp3) is 0.929. The molecule has 1 saturated carbocycles. The second-order valence-electron chi connectivity index (χ2n) is 7.10. The van der Waals surface area contributed by atoms with Crippen LogP contribution in [0.2, 0.25) is 0 Å². The summed E-state index contributed by atoms with van der Waals surface area (Å²) in [5, 5.41) is 3.34. The van der Waals surface area contributed by atoms with Gasteiger partial charge in [0.2, 0.25) is 0 Å². The van der Waals surface area contributed by atoms with E-state index >= 15 is 0 Å². The van der Waals surface area contributed by atoms with Crippen LogP contribution < -0.4 is 5.32 Å². The van der Waals surface area contributed by atoms with Crippen molar-refractivity contribution in [3.05, 3.63) is 0 Å². The van der Waals surface area contributed by atoms with Gasteiger partial charge in [0.05, 0.1) is 6.26 Å². The highest BCUT2D eigenvalue weighted by atomic mass is 32.2. The van der Waals surface area contributed by atoms with E-state index in [1.54, 1.807) is 0 Å². The Hall–Kier alpha value is -0.860. The van der Waals surface area contributed by atoms with Gasteiger partial charge in [-0.05, 0) is 52.5 Å². The number of rotatable bonds is 1. The molecule has 1 amide bonds. The minimum absolute atomic E-state index is 0.145. The third-order valence-electron chi connectivity index (χ3n) is 3.81. The summed E-state index contributed by atoms with van der Waals surface area (Å²) in [6, 6.07) is 0.644. The number of carbonyl (C=O) groups is 1. The number of fused-ring (bicyclic) bond motifs is 1. The van der Waals surface area contributed by atoms with E-state index in [0.29, 0.717) is 24.1 Å². The average molecular weight is 336 g/mol. The van der Waals surface area contributed by atoms with Crippen LogP contribution in [0.5, 0.6) is 0 Å². The maximum absolute atomic E-state index is 11.9. The van der Waals surface area contributed by atoms with Crippen LogP contribution in [0.15, 0.2) is 0 Å². The number of hydrogen-bond donors (Lipinski definition) is 2. The molecule has 22 heavy (non-hydrogen) atoms. The highest BCUT2D eigenvalue weighted by molar-refractivity contribution is 7.85. The van der Waals surface area contributed by atoms with Crippen molar-refractivity contribution in [2.75, 3.05) is 26.4 Å². The second kappa shape index (κ2) is 7.14. The molecule has 2 rings (SSSR count). The van der Waals surface area contributed by atoms with Crippen LogP contribution >= 0.6 is 0 Å². The molecule has 0 aromatic rings. The first-order valence-electron chi connectivity index (χ1n) is 7.46. The first kappa shape index (κ1) is 19.2. The molecule has 1 saturated heterocycles. The monoisotopic (exact) mass is 336 g/mol. The Balaban J connectivity index is 0.000000422. The van der Waals surface area contributed by atoms with Gasteiger partial charge in [0.1, 0.15) is 5.60 Å². The first-order valence-corrected chi connectivity index (χ1v) is 9.31. The van der Waals surface area contributed by atoms with Crippen molar-refractivity contribution < 1.29 is 22.5 Å². The van der Waals surface area contributed by atoms with Crippen molar-refractivity contribution in [1.82, 2.24) is 10.2 Å². The molecule has 0 aromatic heterocycles. The molecule has 0 radical (unpaired) electrons. The molecule has 1 aliphatic heterocycles. The van der Waals surface area contributed by atoms with Crippen molar-refractivity contribution >= 4 is 16.2 Å². The summed E-state index contributed by atoms with van der Waals surface area (Å²) >= 11 is 0. The van der Waals surface area contributed by atoms with E-state index in [2.05, 4.69) is 5.32 Å². The predicted octanol–water partition coefficient (Wildman–Crippen LogP) is 1.36. The number of carbonyl (C=O) groups excluding carboxylic acids is 1. The Morgan fingerprint density at radius 2 is 1.64 bits per heavy atom. The van der Waals surface area contributed by atoms with Gasteiger partial charge < -0.3 is 15.0 Å². The molecule has 2 unspecified atom stereocenters. The normalized spacial score (nSPS) is 27.9. The summed E-state index contributed by atoms with van der Waals surface area (Å²) in [4.78, 5) is 13.8. The molecule has 1 aliphatic carbocycles. The topological polar surface area (TPSA) is 95.9 Å². The zero-order valence-electron chi connectivity index (χ0n) is 14.0. The number of hydrogen-bond acceptors (Lipinski definition) is 5. The minimum atomic E-state index is -3.67. The zero-order chi connectivity index (χ0) is 17.1. The molecule has 7 nitrogen and oxygen atoms in total. The Morgan fingerprint density at radius 1 is 1.23 bits per heavy atom. The summed E-state index contributed by atoms with van der Waals surface area (Å²) in [5.74, 6) is 1.33. The van der Waals surface area contributed by atoms with Crippen molar-refractivity contribution in [1.29, 1.82) is 0 Å². The van der Waals surface area contributed by atoms with Crippen molar-refractivity contribution in [3.8, 4) is 0 Å². The molecule has 130 valence electrons. The van der Waals surface area contributed by atoms with E-state index in [9.17, 15) is 13.2 Å². The number of ether oxygens (including phenoxy) is 1. The molecular formula is C14H28N2O5S. The first-order chi connectivity index (χ1) is 9.89. The van der Waals surface area contributed by atoms with Crippen LogP contribution in [0.3, 0.4) is 0 Å². The zero-order valence-corrected chi connectivity index (χ0v) is 14.8. The van der Waals surface area contributed by atoms with E-state index < -0.39 is 10.1 Å². The standard InChI is InChI=1S/C13H24N2O2.CH4O3S/c1-13(2,3)17-12(16)15-7-9-5-11(14-4)6-10(9)8-15;1-5(2,3)4/h9-11,14H,5-8H2,1-4H3;1H3,(H,2,3,4). The summed E-state index contributed by atoms with van der Waals surface area (Å²) in [6.07, 6.45) is 2.96. The van der Waals surface area contributed by atoms with Gasteiger partial charge in [-0.15, -0.1) is 0 Å². The van der Waals surface area contributed by atoms with Gasteiger partial charge in [-0.25, -0.2) is 4.79 Å². The average Bonchev–Trinajstić information content (AvgIpc) is 2.80. The molecule has 2 fully saturated rings. The Kier molecular flexibility index (Phi) is 6.23. The number of likely N-dealkylation sites (tertiary alicyclic amines) is 1. The van der Waals surface area contributed by atoms with Gasteiger partial charge in [-0.1, -0.05) is 0 Å². The van der Waals surface area contributed by atoms with Gasteiger partial charge in [0.15, 0.2) is 0 Å². The molecule has 8 heteroatoms. The van der Waals surface area contributed by atoms with Crippen molar-refractivity contribution in [3.63, 3.8) is 0 Å². The largest absolute Gasteiger partial charge is 0.444 e. The minimum Gasteiger partial charge on any atom is -0.444 e. The third kappa shape index (κ3) is 6.93. The maximum atomic E-state index is 11.9. The molecule has 0 bridgehead atoms. The fourth-order valence-electron chi connectivity index (χ4n) is 3.01. The Bertz CT molecular complexity index is 464. The lowest BCUT2D eigenvalue weighted by Crippen LogP contribution is -2.36. The third-order valence-corrected chi connectivity index (χ3v) is 3.81. The van der Waals surface area contributed by atoms with Crippen molar-refractivity contribution in [2.45, 2.75) is 45.3 Å². The molecular weight excluding hydrogens is 308 g/mol. The van der Waals surface area contributed by atoms with Crippen LogP contribution in [-0.2, 0) is 14.9 Å². The van der Waals surface area contributed by atoms with Gasteiger partial charge >= 0.3 is 6.09 Å². The number of amides is 1. The van der Waals surface area contributed by atoms with Crippen LogP contribution in [0.4, 0.5) is 4.79 Å². The van der Waals surface area contributed by atoms with Crippen LogP contribution in [-0.4, -0.2) is 62.0 Å². The molecule has 0 aromatic carbocycles. The van der Waals surface area contributed by atoms with E-state index in [1.807, 2.05) is 32.7 Å². The highest BCUT2D eigenvalue weighted by Gasteiger charge is 2.42. The maximum Gasteiger partial charge on any atom is 0.410 e. The van der Waals surface area contributed by atoms with Gasteiger partial charge in [-0.2, -0.15) is 8.42 Å². The number of nitrogens with zero attached hydrogens (tertiary/aromatic N) is 1. The lowest BCUT2D eigenvalue weighted by atomic mass is 10.0. The summed E-state index contributed by atoms with van der Waals surface area (Å²) in [6.45, 7) is 7.49. The van der Waals surface area contributed by atoms with Gasteiger partial charge in [-0.3, -0.25) is 4.55 Å². The molecule has 2 aliphatic rings. The van der Waals surface area contributed by atoms with Crippen molar-refractivity contribution in [2.24, 2.45) is 11.8 Å². The summed E-state index contributed by atoms with van der Waals surface area (Å²) in [7, 11) is -1.64. The summed E-state index contributed by atoms with van der Waals surface area (Å²) < 4.78 is 31.3. The van der Waals surface area contributed by atoms with Gasteiger partial charge in [0.25, 0.3) is 10.1 Å². The van der Waals surface area contributed by atoms with Crippen LogP contribution in [0, 0.1) is 11.8 Å². The second-order valence-corrected chi connectivity index (χ2v) is 8.56. The Labute approximate surface area is 133 Å². The smallest absolute Gasteiger partial charge is 0.410 e. The quantitative estimate of drug-likeness (QED) is 0.702. The van der Waals surface area contributed by atoms with Crippen LogP contribution in [0.25, 0.3) is 0 Å². The molecule has 2 atom stereocenters. The van der Waals surface area contributed by atoms with E-state index in [-0.39, 0.29) is 11.7 Å². The summed E-state index contributed by atoms with van der Waals surface area (Å²) in [5.41, 5.74) is -0.387. The van der Waals surface area contributed by atoms with Gasteiger partial charge in [0, 0.05) is 19.1 Å². The number of nitrogens with one attached hydrogen (secondary N) is 1. The fourth-order valence-corrected chi connectivity index (χ4v) is 3.01. The van der Waals surface area contributed by atoms with Crippen LogP contribution in [0.1, 0.15) is 33.6 Å². The molecule has 0 spiro atoms. The van der Waals surface area contributed by atoms with E-state index in [1.165, 1.54) is 12.8 Å². The molecule has 2 N–H and O–H groups in total. The molecule has 1 heterocycles. The van der Waals surface area contributed by atoms with E-state index in [0.717, 1.165) is 13.1 Å². The van der Waals surface area contributed by atoms with E-state index in [4.69, 9.17) is 9.29 Å². The predicted molar refractivity (Wildman–Crippen MR) is 84.3 cm³/mol.